The Kier molecular flexibility index (Phi) is 5.07. The molecule has 0 atom stereocenters. The summed E-state index contributed by atoms with van der Waals surface area (Å²) in [6, 6.07) is 3.95. The van der Waals surface area contributed by atoms with Gasteiger partial charge in [-0.2, -0.15) is 0 Å². The maximum Gasteiger partial charge on any atom is 0.253 e. The largest absolute Gasteiger partial charge is 0.496 e. The first kappa shape index (κ1) is 18.5. The Bertz CT molecular complexity index is 882. The summed E-state index contributed by atoms with van der Waals surface area (Å²) in [5.74, 6) is 1.51. The second-order valence-electron chi connectivity index (χ2n) is 6.92. The molecule has 1 saturated heterocycles. The number of likely N-dealkylation sites (tertiary alicyclic amines) is 1. The average molecular weight is 358 g/mol. The van der Waals surface area contributed by atoms with Crippen molar-refractivity contribution in [3.05, 3.63) is 45.4 Å². The molecule has 0 unspecified atom stereocenters. The molecule has 140 valence electrons. The lowest BCUT2D eigenvalue weighted by Gasteiger charge is -2.36. The first-order valence-electron chi connectivity index (χ1n) is 8.68. The maximum atomic E-state index is 12.2. The minimum absolute atomic E-state index is 0.00476. The van der Waals surface area contributed by atoms with Gasteiger partial charge in [-0.3, -0.25) is 9.69 Å². The third kappa shape index (κ3) is 3.22. The van der Waals surface area contributed by atoms with E-state index in [0.29, 0.717) is 19.6 Å². The van der Waals surface area contributed by atoms with Crippen LogP contribution in [0.3, 0.4) is 0 Å². The van der Waals surface area contributed by atoms with Gasteiger partial charge in [0.1, 0.15) is 11.5 Å². The molecular formula is C20H26N2O4. The molecule has 6 heteroatoms. The van der Waals surface area contributed by atoms with Gasteiger partial charge in [0.05, 0.1) is 20.3 Å². The number of pyridine rings is 1. The second-order valence-corrected chi connectivity index (χ2v) is 6.92. The number of β-amino-alcohol motifs (C(OH)–C–C–N with tert-alkyl or cyclic N) is 1. The number of nitrogens with zero attached hydrogens (tertiary/aromatic N) is 2. The number of aryl methyl sites for hydroxylation is 1. The highest BCUT2D eigenvalue weighted by Crippen LogP contribution is 2.38. The van der Waals surface area contributed by atoms with Crippen LogP contribution in [0.2, 0.25) is 0 Å². The number of aliphatic hydroxyl groups is 1. The lowest BCUT2D eigenvalue weighted by molar-refractivity contribution is -0.00323. The molecule has 0 saturated carbocycles. The SMILES string of the molecule is COc1cc(-c2cn(C)c(=O)c(C)c2C)c(OC)cc1CN1CC(O)C1. The van der Waals surface area contributed by atoms with Crippen molar-refractivity contribution in [3.63, 3.8) is 0 Å². The number of ether oxygens (including phenoxy) is 2. The highest BCUT2D eigenvalue weighted by atomic mass is 16.5. The van der Waals surface area contributed by atoms with Crippen molar-refractivity contribution >= 4 is 0 Å². The summed E-state index contributed by atoms with van der Waals surface area (Å²) in [6.07, 6.45) is 1.60. The summed E-state index contributed by atoms with van der Waals surface area (Å²) in [5, 5.41) is 9.50. The third-order valence-corrected chi connectivity index (χ3v) is 5.15. The van der Waals surface area contributed by atoms with Crippen LogP contribution < -0.4 is 15.0 Å². The van der Waals surface area contributed by atoms with E-state index in [1.54, 1.807) is 25.8 Å². The molecule has 0 radical (unpaired) electrons. The van der Waals surface area contributed by atoms with Crippen LogP contribution in [-0.2, 0) is 13.6 Å². The van der Waals surface area contributed by atoms with Crippen molar-refractivity contribution in [1.82, 2.24) is 9.47 Å². The number of hydrogen-bond donors (Lipinski definition) is 1. The molecule has 3 rings (SSSR count). The molecule has 2 aromatic rings. The predicted octanol–water partition coefficient (Wildman–Crippen LogP) is 1.86. The molecule has 2 heterocycles. The Morgan fingerprint density at radius 2 is 1.73 bits per heavy atom. The zero-order valence-electron chi connectivity index (χ0n) is 16.0. The fraction of sp³-hybridized carbons (Fsp3) is 0.450. The molecule has 1 N–H and O–H groups in total. The van der Waals surface area contributed by atoms with E-state index in [1.807, 2.05) is 32.2 Å². The molecule has 0 spiro atoms. The quantitative estimate of drug-likeness (QED) is 0.884. The monoisotopic (exact) mass is 358 g/mol. The lowest BCUT2D eigenvalue weighted by Crippen LogP contribution is -2.49. The van der Waals surface area contributed by atoms with Gasteiger partial charge in [0.2, 0.25) is 0 Å². The third-order valence-electron chi connectivity index (χ3n) is 5.15. The molecule has 1 fully saturated rings. The number of hydrogen-bond acceptors (Lipinski definition) is 5. The molecule has 1 aromatic heterocycles. The van der Waals surface area contributed by atoms with Crippen LogP contribution in [0.4, 0.5) is 0 Å². The summed E-state index contributed by atoms with van der Waals surface area (Å²) < 4.78 is 12.9. The van der Waals surface area contributed by atoms with Crippen LogP contribution in [-0.4, -0.2) is 48.0 Å². The minimum atomic E-state index is -0.238. The fourth-order valence-electron chi connectivity index (χ4n) is 3.46. The highest BCUT2D eigenvalue weighted by molar-refractivity contribution is 5.75. The number of methoxy groups -OCH3 is 2. The van der Waals surface area contributed by atoms with E-state index < -0.39 is 0 Å². The van der Waals surface area contributed by atoms with Gasteiger partial charge in [0.15, 0.2) is 0 Å². The number of aliphatic hydroxyl groups excluding tert-OH is 1. The Morgan fingerprint density at radius 3 is 2.31 bits per heavy atom. The van der Waals surface area contributed by atoms with Crippen molar-refractivity contribution in [2.24, 2.45) is 7.05 Å². The van der Waals surface area contributed by atoms with Crippen LogP contribution in [0, 0.1) is 13.8 Å². The predicted molar refractivity (Wildman–Crippen MR) is 101 cm³/mol. The van der Waals surface area contributed by atoms with Gasteiger partial charge in [0.25, 0.3) is 5.56 Å². The van der Waals surface area contributed by atoms with Gasteiger partial charge in [0, 0.05) is 55.1 Å². The lowest BCUT2D eigenvalue weighted by atomic mass is 9.96. The summed E-state index contributed by atoms with van der Waals surface area (Å²) in [7, 11) is 5.05. The minimum Gasteiger partial charge on any atom is -0.496 e. The molecule has 6 nitrogen and oxygen atoms in total. The van der Waals surface area contributed by atoms with Gasteiger partial charge < -0.3 is 19.1 Å². The van der Waals surface area contributed by atoms with Crippen molar-refractivity contribution in [2.45, 2.75) is 26.5 Å². The Balaban J connectivity index is 2.09. The first-order valence-corrected chi connectivity index (χ1v) is 8.68. The molecule has 1 aromatic carbocycles. The van der Waals surface area contributed by atoms with Crippen LogP contribution in [0.25, 0.3) is 11.1 Å². The molecule has 0 aliphatic carbocycles. The molecule has 1 aliphatic heterocycles. The zero-order chi connectivity index (χ0) is 19.0. The van der Waals surface area contributed by atoms with Crippen LogP contribution in [0.5, 0.6) is 11.5 Å². The Morgan fingerprint density at radius 1 is 1.08 bits per heavy atom. The second kappa shape index (κ2) is 7.13. The Hall–Kier alpha value is -2.31. The topological polar surface area (TPSA) is 63.9 Å². The molecule has 1 aliphatic rings. The highest BCUT2D eigenvalue weighted by Gasteiger charge is 2.26. The molecular weight excluding hydrogens is 332 g/mol. The molecule has 0 amide bonds. The van der Waals surface area contributed by atoms with Crippen molar-refractivity contribution in [1.29, 1.82) is 0 Å². The van der Waals surface area contributed by atoms with Crippen LogP contribution in [0.15, 0.2) is 23.1 Å². The van der Waals surface area contributed by atoms with E-state index in [0.717, 1.165) is 39.3 Å². The smallest absolute Gasteiger partial charge is 0.253 e. The van der Waals surface area contributed by atoms with E-state index >= 15 is 0 Å². The van der Waals surface area contributed by atoms with Gasteiger partial charge in [-0.25, -0.2) is 0 Å². The van der Waals surface area contributed by atoms with Gasteiger partial charge in [-0.1, -0.05) is 0 Å². The standard InChI is InChI=1S/C20H26N2O4/c1-12-13(2)20(24)21(3)11-17(12)16-7-18(25-4)14(6-19(16)26-5)8-22-9-15(23)10-22/h6-7,11,15,23H,8-10H2,1-5H3. The number of benzene rings is 1. The summed E-state index contributed by atoms with van der Waals surface area (Å²) in [6.45, 7) is 5.84. The van der Waals surface area contributed by atoms with Crippen molar-refractivity contribution in [2.75, 3.05) is 27.3 Å². The summed E-state index contributed by atoms with van der Waals surface area (Å²) in [4.78, 5) is 14.3. The zero-order valence-corrected chi connectivity index (χ0v) is 16.0. The van der Waals surface area contributed by atoms with Gasteiger partial charge in [-0.05, 0) is 31.5 Å². The van der Waals surface area contributed by atoms with E-state index in [2.05, 4.69) is 4.90 Å². The first-order chi connectivity index (χ1) is 12.3. The van der Waals surface area contributed by atoms with Crippen molar-refractivity contribution < 1.29 is 14.6 Å². The number of rotatable bonds is 5. The van der Waals surface area contributed by atoms with E-state index in [4.69, 9.17) is 9.47 Å². The normalized spacial score (nSPS) is 15.0. The van der Waals surface area contributed by atoms with E-state index in [9.17, 15) is 9.90 Å². The number of aromatic nitrogens is 1. The summed E-state index contributed by atoms with van der Waals surface area (Å²) in [5.41, 5.74) is 4.53. The average Bonchev–Trinajstić information content (AvgIpc) is 2.61. The van der Waals surface area contributed by atoms with Crippen LogP contribution in [0.1, 0.15) is 16.7 Å². The van der Waals surface area contributed by atoms with Gasteiger partial charge >= 0.3 is 0 Å². The van der Waals surface area contributed by atoms with E-state index in [1.165, 1.54) is 0 Å². The van der Waals surface area contributed by atoms with E-state index in [-0.39, 0.29) is 11.7 Å². The summed E-state index contributed by atoms with van der Waals surface area (Å²) >= 11 is 0. The van der Waals surface area contributed by atoms with Crippen molar-refractivity contribution in [3.8, 4) is 22.6 Å². The maximum absolute atomic E-state index is 12.2. The van der Waals surface area contributed by atoms with Crippen LogP contribution >= 0.6 is 0 Å². The Labute approximate surface area is 153 Å². The fourth-order valence-corrected chi connectivity index (χ4v) is 3.46. The molecule has 0 bridgehead atoms. The molecule has 26 heavy (non-hydrogen) atoms. The van der Waals surface area contributed by atoms with Gasteiger partial charge in [-0.15, -0.1) is 0 Å².